The quantitative estimate of drug-likeness (QED) is 0.0906. The molecule has 2 bridgehead atoms. The minimum absolute atomic E-state index is 0.0655. The fourth-order valence-corrected chi connectivity index (χ4v) is 14.0. The molecule has 11 heteroatoms. The standard InChI is InChI=1S/C46H53N3O7Si/c1-8-21-53-42-29(3)43-45(56-27-55-43)39-33(42)24-36-40-38-30(22-28(2)41(52-7)44(38)54-26-51-6)23-34(48-40)37(25-47)49(36)35(39)19-20-46(4,5)57(50,31-15-11-9-12-16-31)32-17-13-10-14-18-32/h8-18,22,34-37,40,48,50H,1,19-21,23-24,26-27H2,2-7H3/t34-,35-,36?,37-,40+/m0/s1. The van der Waals surface area contributed by atoms with Crippen LogP contribution in [0, 0.1) is 25.2 Å². The molecule has 0 amide bonds. The summed E-state index contributed by atoms with van der Waals surface area (Å²) < 4.78 is 36.9. The summed E-state index contributed by atoms with van der Waals surface area (Å²) in [5.74, 6) is 3.50. The molecule has 0 saturated carbocycles. The highest BCUT2D eigenvalue weighted by atomic mass is 28.4. The van der Waals surface area contributed by atoms with Crippen molar-refractivity contribution in [2.75, 3.05) is 34.4 Å². The number of rotatable bonds is 13. The highest BCUT2D eigenvalue weighted by Gasteiger charge is 2.56. The van der Waals surface area contributed by atoms with Crippen LogP contribution < -0.4 is 39.4 Å². The Hall–Kier alpha value is -4.83. The van der Waals surface area contributed by atoms with Crippen molar-refractivity contribution in [1.29, 1.82) is 5.26 Å². The number of hydrogen-bond donors (Lipinski definition) is 2. The van der Waals surface area contributed by atoms with Gasteiger partial charge < -0.3 is 38.5 Å². The van der Waals surface area contributed by atoms with Crippen LogP contribution in [0.2, 0.25) is 5.04 Å². The van der Waals surface area contributed by atoms with Gasteiger partial charge in [0.05, 0.1) is 19.2 Å². The molecule has 0 radical (unpaired) electrons. The normalized spacial score (nSPS) is 22.1. The zero-order valence-electron chi connectivity index (χ0n) is 33.8. The number of hydrogen-bond acceptors (Lipinski definition) is 10. The summed E-state index contributed by atoms with van der Waals surface area (Å²) in [6.45, 7) is 12.9. The van der Waals surface area contributed by atoms with Gasteiger partial charge in [-0.25, -0.2) is 0 Å². The number of nitrogens with one attached hydrogen (secondary N) is 1. The van der Waals surface area contributed by atoms with Gasteiger partial charge in [-0.15, -0.1) is 0 Å². The topological polar surface area (TPSA) is 115 Å². The molecule has 4 aliphatic heterocycles. The summed E-state index contributed by atoms with van der Waals surface area (Å²) in [4.78, 5) is 15.7. The third-order valence-corrected chi connectivity index (χ3v) is 17.4. The molecule has 4 aliphatic rings. The Labute approximate surface area is 337 Å². The lowest BCUT2D eigenvalue weighted by Gasteiger charge is -2.57. The lowest BCUT2D eigenvalue weighted by Crippen LogP contribution is -2.68. The lowest BCUT2D eigenvalue weighted by molar-refractivity contribution is -0.00790. The van der Waals surface area contributed by atoms with E-state index in [9.17, 15) is 10.1 Å². The average molecular weight is 788 g/mol. The molecule has 0 spiro atoms. The zero-order valence-corrected chi connectivity index (χ0v) is 34.8. The molecule has 298 valence electrons. The van der Waals surface area contributed by atoms with Crippen LogP contribution in [0.4, 0.5) is 0 Å². The number of fused-ring (bicyclic) bond motifs is 9. The molecule has 10 nitrogen and oxygen atoms in total. The van der Waals surface area contributed by atoms with Gasteiger partial charge in [0.15, 0.2) is 29.8 Å². The van der Waals surface area contributed by atoms with E-state index < -0.39 is 19.4 Å². The number of nitrogens with zero attached hydrogens (tertiary/aromatic N) is 2. The maximum atomic E-state index is 13.2. The van der Waals surface area contributed by atoms with Crippen LogP contribution >= 0.6 is 0 Å². The van der Waals surface area contributed by atoms with E-state index >= 15 is 0 Å². The highest BCUT2D eigenvalue weighted by molar-refractivity contribution is 6.98. The van der Waals surface area contributed by atoms with Crippen molar-refractivity contribution in [2.45, 2.75) is 88.6 Å². The second-order valence-electron chi connectivity index (χ2n) is 16.3. The summed E-state index contributed by atoms with van der Waals surface area (Å²) in [5, 5.41) is 16.5. The first kappa shape index (κ1) is 39.0. The third-order valence-electron chi connectivity index (χ3n) is 12.8. The molecule has 0 aromatic heterocycles. The van der Waals surface area contributed by atoms with Gasteiger partial charge in [-0.1, -0.05) is 93.2 Å². The fraction of sp³-hybridized carbons (Fsp3) is 0.413. The molecule has 4 aromatic carbocycles. The number of methoxy groups -OCH3 is 2. The smallest absolute Gasteiger partial charge is 0.258 e. The molecule has 57 heavy (non-hydrogen) atoms. The molecule has 0 aliphatic carbocycles. The maximum absolute atomic E-state index is 13.2. The Morgan fingerprint density at radius 1 is 0.965 bits per heavy atom. The van der Waals surface area contributed by atoms with Crippen molar-refractivity contribution < 1.29 is 33.2 Å². The first-order valence-corrected chi connectivity index (χ1v) is 21.8. The fourth-order valence-electron chi connectivity index (χ4n) is 10.3. The second kappa shape index (κ2) is 15.5. The number of benzene rings is 4. The van der Waals surface area contributed by atoms with E-state index in [-0.39, 0.29) is 37.8 Å². The van der Waals surface area contributed by atoms with Crippen LogP contribution in [-0.2, 0) is 17.6 Å². The minimum Gasteiger partial charge on any atom is -0.493 e. The molecular weight excluding hydrogens is 735 g/mol. The van der Waals surface area contributed by atoms with Gasteiger partial charge >= 0.3 is 0 Å². The summed E-state index contributed by atoms with van der Waals surface area (Å²) in [6, 6.07) is 24.0. The Morgan fingerprint density at radius 2 is 1.65 bits per heavy atom. The van der Waals surface area contributed by atoms with E-state index in [1.165, 1.54) is 0 Å². The van der Waals surface area contributed by atoms with Crippen molar-refractivity contribution in [3.05, 3.63) is 113 Å². The highest BCUT2D eigenvalue weighted by Crippen LogP contribution is 2.58. The van der Waals surface area contributed by atoms with Crippen LogP contribution in [-0.4, -0.2) is 70.6 Å². The summed E-state index contributed by atoms with van der Waals surface area (Å²) in [7, 11) is -0.0819. The molecular formula is C46H53N3O7Si. The van der Waals surface area contributed by atoms with E-state index in [0.717, 1.165) is 55.3 Å². The van der Waals surface area contributed by atoms with Gasteiger partial charge in [0.2, 0.25) is 6.79 Å². The number of aryl methyl sites for hydroxylation is 1. The second-order valence-corrected chi connectivity index (χ2v) is 20.2. The summed E-state index contributed by atoms with van der Waals surface area (Å²) in [6.07, 6.45) is 4.27. The Balaban J connectivity index is 1.31. The first-order valence-electron chi connectivity index (χ1n) is 19.9. The van der Waals surface area contributed by atoms with E-state index in [1.807, 2.05) is 50.2 Å². The summed E-state index contributed by atoms with van der Waals surface area (Å²) in [5.41, 5.74) is 6.07. The number of nitriles is 1. The van der Waals surface area contributed by atoms with Crippen LogP contribution in [0.25, 0.3) is 0 Å². The molecule has 8 rings (SSSR count). The zero-order chi connectivity index (χ0) is 40.1. The number of ether oxygens (including phenoxy) is 6. The van der Waals surface area contributed by atoms with Crippen LogP contribution in [0.3, 0.4) is 0 Å². The van der Waals surface area contributed by atoms with E-state index in [0.29, 0.717) is 49.5 Å². The summed E-state index contributed by atoms with van der Waals surface area (Å²) >= 11 is 0. The van der Waals surface area contributed by atoms with Gasteiger partial charge in [-0.05, 0) is 66.1 Å². The van der Waals surface area contributed by atoms with Crippen LogP contribution in [0.5, 0.6) is 28.7 Å². The predicted octanol–water partition coefficient (Wildman–Crippen LogP) is 6.33. The van der Waals surface area contributed by atoms with Crippen molar-refractivity contribution in [3.8, 4) is 34.8 Å². The van der Waals surface area contributed by atoms with Gasteiger partial charge in [-0.2, -0.15) is 5.26 Å². The molecule has 1 unspecified atom stereocenters. The van der Waals surface area contributed by atoms with Crippen molar-refractivity contribution in [3.63, 3.8) is 0 Å². The monoisotopic (exact) mass is 787 g/mol. The Kier molecular flexibility index (Phi) is 10.6. The first-order chi connectivity index (χ1) is 27.6. The van der Waals surface area contributed by atoms with E-state index in [4.69, 9.17) is 28.4 Å². The average Bonchev–Trinajstić information content (AvgIpc) is 3.72. The largest absolute Gasteiger partial charge is 0.493 e. The predicted molar refractivity (Wildman–Crippen MR) is 221 cm³/mol. The van der Waals surface area contributed by atoms with Gasteiger partial charge in [0.25, 0.3) is 8.32 Å². The SMILES string of the molecule is C=CCOc1c(C)c2c(c3c1CC1[C@H]4N[C@@H](Cc5cc(C)c(OC)c(OCOC)c54)[C@H](C#N)N1[C@H]3CCC(C)(C)[Si](O)(c1ccccc1)c1ccccc1)OCO2. The molecule has 5 atom stereocenters. The molecule has 4 aromatic rings. The van der Waals surface area contributed by atoms with Crippen molar-refractivity contribution in [1.82, 2.24) is 10.2 Å². The van der Waals surface area contributed by atoms with Gasteiger partial charge in [-0.3, -0.25) is 4.90 Å². The van der Waals surface area contributed by atoms with Crippen LogP contribution in [0.15, 0.2) is 79.4 Å². The Bertz CT molecular complexity index is 2150. The lowest BCUT2D eigenvalue weighted by atomic mass is 9.72. The van der Waals surface area contributed by atoms with E-state index in [2.05, 4.69) is 67.0 Å². The Morgan fingerprint density at radius 3 is 2.28 bits per heavy atom. The minimum atomic E-state index is -3.37. The molecule has 2 N–H and O–H groups in total. The van der Waals surface area contributed by atoms with E-state index in [1.54, 1.807) is 20.3 Å². The number of piperazine rings is 1. The third kappa shape index (κ3) is 6.30. The van der Waals surface area contributed by atoms with Gasteiger partial charge in [0, 0.05) is 47.5 Å². The van der Waals surface area contributed by atoms with Gasteiger partial charge in [0.1, 0.15) is 18.4 Å². The molecule has 1 fully saturated rings. The molecule has 4 heterocycles. The van der Waals surface area contributed by atoms with Crippen LogP contribution in [0.1, 0.15) is 72.2 Å². The molecule has 1 saturated heterocycles. The van der Waals surface area contributed by atoms with Crippen molar-refractivity contribution in [2.24, 2.45) is 0 Å². The maximum Gasteiger partial charge on any atom is 0.258 e. The van der Waals surface area contributed by atoms with Crippen molar-refractivity contribution >= 4 is 18.7 Å².